The van der Waals surface area contributed by atoms with E-state index in [1.165, 1.54) is 23.5 Å². The molecule has 0 saturated heterocycles. The zero-order chi connectivity index (χ0) is 17.3. The molecular formula is C18H16N2O2S2. The lowest BCUT2D eigenvalue weighted by atomic mass is 10.1. The Labute approximate surface area is 145 Å². The Balaban J connectivity index is 2.32. The molecule has 0 spiro atoms. The molecule has 0 N–H and O–H groups in total. The van der Waals surface area contributed by atoms with Gasteiger partial charge in [-0.05, 0) is 43.2 Å². The van der Waals surface area contributed by atoms with Crippen molar-refractivity contribution < 1.29 is 8.42 Å². The molecule has 0 amide bonds. The fourth-order valence-electron chi connectivity index (χ4n) is 2.57. The summed E-state index contributed by atoms with van der Waals surface area (Å²) in [4.78, 5) is 0.558. The van der Waals surface area contributed by atoms with E-state index in [0.29, 0.717) is 4.80 Å². The monoisotopic (exact) mass is 356 g/mol. The zero-order valence-corrected chi connectivity index (χ0v) is 15.0. The quantitative estimate of drug-likeness (QED) is 0.677. The maximum atomic E-state index is 12.6. The lowest BCUT2D eigenvalue weighted by Gasteiger charge is -2.03. The Morgan fingerprint density at radius 2 is 1.92 bits per heavy atom. The van der Waals surface area contributed by atoms with E-state index >= 15 is 0 Å². The number of thiazole rings is 1. The molecule has 0 fully saturated rings. The normalized spacial score (nSPS) is 12.5. The summed E-state index contributed by atoms with van der Waals surface area (Å²) in [7, 11) is -3.78. The third-order valence-electron chi connectivity index (χ3n) is 3.60. The van der Waals surface area contributed by atoms with Gasteiger partial charge in [0.2, 0.25) is 4.80 Å². The molecule has 0 aliphatic rings. The maximum Gasteiger partial charge on any atom is 0.285 e. The number of rotatable bonds is 3. The highest BCUT2D eigenvalue weighted by atomic mass is 32.2. The SMILES string of the molecule is C#CCn1c(=NS(=O)(=O)c2ccccc2)sc2c(C)cc(C)cc21. The van der Waals surface area contributed by atoms with Gasteiger partial charge in [0.05, 0.1) is 21.7 Å². The second kappa shape index (κ2) is 6.27. The Hall–Kier alpha value is -2.36. The molecular weight excluding hydrogens is 340 g/mol. The molecule has 3 aromatic rings. The van der Waals surface area contributed by atoms with Crippen molar-refractivity contribution in [2.24, 2.45) is 4.40 Å². The van der Waals surface area contributed by atoms with Gasteiger partial charge < -0.3 is 4.57 Å². The van der Waals surface area contributed by atoms with Gasteiger partial charge in [-0.25, -0.2) is 0 Å². The van der Waals surface area contributed by atoms with Crippen LogP contribution in [-0.2, 0) is 16.6 Å². The molecule has 6 heteroatoms. The van der Waals surface area contributed by atoms with Gasteiger partial charge in [0.25, 0.3) is 10.0 Å². The first-order valence-electron chi connectivity index (χ1n) is 7.32. The van der Waals surface area contributed by atoms with Crippen LogP contribution < -0.4 is 4.80 Å². The van der Waals surface area contributed by atoms with Crippen LogP contribution in [0.4, 0.5) is 0 Å². The molecule has 1 heterocycles. The highest BCUT2D eigenvalue weighted by Crippen LogP contribution is 2.24. The Kier molecular flexibility index (Phi) is 4.31. The van der Waals surface area contributed by atoms with Gasteiger partial charge in [0, 0.05) is 0 Å². The van der Waals surface area contributed by atoms with Crippen molar-refractivity contribution >= 4 is 31.6 Å². The first kappa shape index (κ1) is 16.5. The Bertz CT molecular complexity index is 1120. The number of fused-ring (bicyclic) bond motifs is 1. The van der Waals surface area contributed by atoms with Gasteiger partial charge in [-0.3, -0.25) is 0 Å². The third kappa shape index (κ3) is 3.01. The summed E-state index contributed by atoms with van der Waals surface area (Å²) in [6, 6.07) is 12.3. The minimum Gasteiger partial charge on any atom is -0.304 e. The summed E-state index contributed by atoms with van der Waals surface area (Å²) in [6.07, 6.45) is 5.47. The van der Waals surface area contributed by atoms with Crippen LogP contribution in [0.15, 0.2) is 51.8 Å². The summed E-state index contributed by atoms with van der Waals surface area (Å²) in [5.74, 6) is 2.58. The molecule has 0 bridgehead atoms. The fraction of sp³-hybridized carbons (Fsp3) is 0.167. The van der Waals surface area contributed by atoms with Crippen molar-refractivity contribution in [1.82, 2.24) is 4.57 Å². The van der Waals surface area contributed by atoms with E-state index in [1.54, 1.807) is 22.8 Å². The predicted molar refractivity (Wildman–Crippen MR) is 97.3 cm³/mol. The number of hydrogen-bond acceptors (Lipinski definition) is 3. The second-order valence-electron chi connectivity index (χ2n) is 5.48. The molecule has 0 aliphatic heterocycles. The van der Waals surface area contributed by atoms with E-state index in [0.717, 1.165) is 21.3 Å². The maximum absolute atomic E-state index is 12.6. The summed E-state index contributed by atoms with van der Waals surface area (Å²) in [6.45, 7) is 4.27. The number of hydrogen-bond donors (Lipinski definition) is 0. The molecule has 1 aromatic heterocycles. The lowest BCUT2D eigenvalue weighted by Crippen LogP contribution is -2.16. The van der Waals surface area contributed by atoms with E-state index in [4.69, 9.17) is 6.42 Å². The van der Waals surface area contributed by atoms with Crippen LogP contribution in [0.1, 0.15) is 11.1 Å². The average Bonchev–Trinajstić information content (AvgIpc) is 2.86. The van der Waals surface area contributed by atoms with E-state index in [9.17, 15) is 8.42 Å². The molecule has 24 heavy (non-hydrogen) atoms. The van der Waals surface area contributed by atoms with Gasteiger partial charge in [-0.1, -0.05) is 41.5 Å². The standard InChI is InChI=1S/C18H16N2O2S2/c1-4-10-20-16-12-13(2)11-14(3)17(16)23-18(20)19-24(21,22)15-8-6-5-7-9-15/h1,5-9,11-12H,10H2,2-3H3. The van der Waals surface area contributed by atoms with Crippen molar-refractivity contribution in [3.63, 3.8) is 0 Å². The largest absolute Gasteiger partial charge is 0.304 e. The van der Waals surface area contributed by atoms with Gasteiger partial charge in [0.15, 0.2) is 0 Å². The third-order valence-corrected chi connectivity index (χ3v) is 6.23. The smallest absolute Gasteiger partial charge is 0.285 e. The summed E-state index contributed by atoms with van der Waals surface area (Å²) < 4.78 is 31.9. The van der Waals surface area contributed by atoms with Crippen molar-refractivity contribution in [2.75, 3.05) is 0 Å². The number of sulfonamides is 1. The van der Waals surface area contributed by atoms with Crippen LogP contribution in [0.3, 0.4) is 0 Å². The summed E-state index contributed by atoms with van der Waals surface area (Å²) >= 11 is 1.34. The Morgan fingerprint density at radius 3 is 2.58 bits per heavy atom. The summed E-state index contributed by atoms with van der Waals surface area (Å²) in [5, 5.41) is 0. The van der Waals surface area contributed by atoms with Crippen molar-refractivity contribution in [1.29, 1.82) is 0 Å². The van der Waals surface area contributed by atoms with Crippen molar-refractivity contribution in [3.8, 4) is 12.3 Å². The Morgan fingerprint density at radius 1 is 1.21 bits per heavy atom. The molecule has 2 aromatic carbocycles. The molecule has 0 radical (unpaired) electrons. The molecule has 0 saturated carbocycles. The molecule has 0 atom stereocenters. The van der Waals surface area contributed by atoms with E-state index < -0.39 is 10.0 Å². The van der Waals surface area contributed by atoms with E-state index in [1.807, 2.05) is 19.9 Å². The van der Waals surface area contributed by atoms with Crippen molar-refractivity contribution in [2.45, 2.75) is 25.3 Å². The van der Waals surface area contributed by atoms with E-state index in [-0.39, 0.29) is 11.4 Å². The van der Waals surface area contributed by atoms with Gasteiger partial charge in [-0.2, -0.15) is 8.42 Å². The number of aromatic nitrogens is 1. The molecule has 3 rings (SSSR count). The lowest BCUT2D eigenvalue weighted by molar-refractivity contribution is 0.596. The van der Waals surface area contributed by atoms with Gasteiger partial charge >= 0.3 is 0 Å². The highest BCUT2D eigenvalue weighted by molar-refractivity contribution is 7.90. The second-order valence-corrected chi connectivity index (χ2v) is 8.07. The van der Waals surface area contributed by atoms with Gasteiger partial charge in [0.1, 0.15) is 0 Å². The molecule has 122 valence electrons. The number of aryl methyl sites for hydroxylation is 2. The van der Waals surface area contributed by atoms with Gasteiger partial charge in [-0.15, -0.1) is 10.8 Å². The minimum absolute atomic E-state index is 0.169. The number of terminal acetylenes is 1. The van der Waals surface area contributed by atoms with Crippen LogP contribution in [0.5, 0.6) is 0 Å². The van der Waals surface area contributed by atoms with Crippen LogP contribution in [0.2, 0.25) is 0 Å². The summed E-state index contributed by atoms with van der Waals surface area (Å²) in [5.41, 5.74) is 3.10. The van der Waals surface area contributed by atoms with Crippen LogP contribution in [0.25, 0.3) is 10.2 Å². The van der Waals surface area contributed by atoms with Crippen LogP contribution in [0, 0.1) is 26.2 Å². The predicted octanol–water partition coefficient (Wildman–Crippen LogP) is 3.24. The van der Waals surface area contributed by atoms with Crippen LogP contribution in [-0.4, -0.2) is 13.0 Å². The minimum atomic E-state index is -3.78. The topological polar surface area (TPSA) is 51.4 Å². The van der Waals surface area contributed by atoms with Crippen molar-refractivity contribution in [3.05, 3.63) is 58.4 Å². The number of nitrogens with zero attached hydrogens (tertiary/aromatic N) is 2. The molecule has 0 unspecified atom stereocenters. The first-order chi connectivity index (χ1) is 11.4. The average molecular weight is 356 g/mol. The van der Waals surface area contributed by atoms with Crippen LogP contribution >= 0.6 is 11.3 Å². The fourth-order valence-corrected chi connectivity index (χ4v) is 4.88. The highest BCUT2D eigenvalue weighted by Gasteiger charge is 2.15. The zero-order valence-electron chi connectivity index (χ0n) is 13.4. The number of benzene rings is 2. The molecule has 4 nitrogen and oxygen atoms in total. The molecule has 0 aliphatic carbocycles. The van der Waals surface area contributed by atoms with E-state index in [2.05, 4.69) is 16.4 Å². The first-order valence-corrected chi connectivity index (χ1v) is 9.58.